The van der Waals surface area contributed by atoms with Gasteiger partial charge in [-0.3, -0.25) is 10.1 Å². The lowest BCUT2D eigenvalue weighted by atomic mass is 10.2. The third-order valence-corrected chi connectivity index (χ3v) is 5.97. The summed E-state index contributed by atoms with van der Waals surface area (Å²) in [5, 5.41) is 11.3. The molecule has 0 atom stereocenters. The van der Waals surface area contributed by atoms with Crippen molar-refractivity contribution in [2.45, 2.75) is 32.4 Å². The van der Waals surface area contributed by atoms with E-state index in [1.807, 2.05) is 0 Å². The monoisotopic (exact) mass is 421 g/mol. The molecule has 0 spiro atoms. The molecule has 0 N–H and O–H groups in total. The molecule has 7 nitrogen and oxygen atoms in total. The minimum atomic E-state index is -1.18. The van der Waals surface area contributed by atoms with Crippen LogP contribution in [0.5, 0.6) is 11.5 Å². The van der Waals surface area contributed by atoms with Gasteiger partial charge in [-0.15, -0.1) is 0 Å². The first-order chi connectivity index (χ1) is 13.7. The fourth-order valence-corrected chi connectivity index (χ4v) is 3.41. The second-order valence-electron chi connectivity index (χ2n) is 7.77. The summed E-state index contributed by atoms with van der Waals surface area (Å²) >= 11 is 0. The molecule has 2 aromatic heterocycles. The van der Waals surface area contributed by atoms with Crippen molar-refractivity contribution in [1.29, 1.82) is 0 Å². The summed E-state index contributed by atoms with van der Waals surface area (Å²) in [5.41, 5.74) is -0.380. The van der Waals surface area contributed by atoms with Crippen LogP contribution in [0.4, 0.5) is 14.5 Å². The molecule has 3 aromatic rings. The van der Waals surface area contributed by atoms with Crippen molar-refractivity contribution >= 4 is 24.8 Å². The molecule has 0 radical (unpaired) electrons. The van der Waals surface area contributed by atoms with Crippen molar-refractivity contribution in [3.8, 4) is 11.5 Å². The molecule has 0 amide bonds. The average molecular weight is 421 g/mol. The third-order valence-electron chi connectivity index (χ3n) is 4.27. The molecule has 10 heteroatoms. The van der Waals surface area contributed by atoms with E-state index in [0.29, 0.717) is 36.5 Å². The van der Waals surface area contributed by atoms with Crippen LogP contribution < -0.4 is 4.74 Å². The zero-order chi connectivity index (χ0) is 21.2. The fourth-order valence-electron chi connectivity index (χ4n) is 2.65. The van der Waals surface area contributed by atoms with Gasteiger partial charge >= 0.3 is 5.69 Å². The Kier molecular flexibility index (Phi) is 5.94. The molecule has 0 unspecified atom stereocenters. The highest BCUT2D eigenvalue weighted by atomic mass is 28.3. The zero-order valence-electron chi connectivity index (χ0n) is 16.3. The highest BCUT2D eigenvalue weighted by Gasteiger charge is 2.20. The topological polar surface area (TPSA) is 79.4 Å². The van der Waals surface area contributed by atoms with Gasteiger partial charge in [-0.1, -0.05) is 19.6 Å². The first-order valence-corrected chi connectivity index (χ1v) is 12.7. The van der Waals surface area contributed by atoms with E-state index < -0.39 is 36.1 Å². The number of hydrogen-bond donors (Lipinski definition) is 0. The molecule has 1 aromatic carbocycles. The van der Waals surface area contributed by atoms with Crippen LogP contribution in [0.25, 0.3) is 11.0 Å². The normalized spacial score (nSPS) is 11.8. The van der Waals surface area contributed by atoms with E-state index >= 15 is 0 Å². The summed E-state index contributed by atoms with van der Waals surface area (Å²) in [7, 11) is -1.18. The Hall–Kier alpha value is -2.85. The van der Waals surface area contributed by atoms with Crippen molar-refractivity contribution in [3.05, 3.63) is 58.4 Å². The summed E-state index contributed by atoms with van der Waals surface area (Å²) in [5.74, 6) is -2.40. The Morgan fingerprint density at radius 2 is 1.93 bits per heavy atom. The maximum absolute atomic E-state index is 14.1. The third kappa shape index (κ3) is 4.95. The number of pyridine rings is 1. The lowest BCUT2D eigenvalue weighted by molar-refractivity contribution is -0.387. The summed E-state index contributed by atoms with van der Waals surface area (Å²) in [6.45, 7) is 7.77. The van der Waals surface area contributed by atoms with E-state index in [9.17, 15) is 18.9 Å². The number of nitro groups is 1. The van der Waals surface area contributed by atoms with Gasteiger partial charge in [-0.2, -0.15) is 4.39 Å². The van der Waals surface area contributed by atoms with Gasteiger partial charge in [0.1, 0.15) is 18.1 Å². The van der Waals surface area contributed by atoms with E-state index in [1.54, 1.807) is 16.8 Å². The maximum atomic E-state index is 14.1. The van der Waals surface area contributed by atoms with Gasteiger partial charge < -0.3 is 14.0 Å². The molecule has 154 valence electrons. The van der Waals surface area contributed by atoms with E-state index in [2.05, 4.69) is 24.6 Å². The molecular weight excluding hydrogens is 400 g/mol. The van der Waals surface area contributed by atoms with Gasteiger partial charge in [0.2, 0.25) is 5.82 Å². The molecule has 0 fully saturated rings. The standard InChI is InChI=1S/C19H21F2N3O4Si/c1-29(2,3)9-8-27-12-23-7-5-13-17(4-6-22-19(13)23)28-18-11-14(20)16(24(25)26)10-15(18)21/h4-7,10-11H,8-9,12H2,1-3H3. The molecular formula is C19H21F2N3O4Si. The second kappa shape index (κ2) is 8.25. The van der Waals surface area contributed by atoms with Crippen molar-refractivity contribution < 1.29 is 23.2 Å². The van der Waals surface area contributed by atoms with Gasteiger partial charge in [0.05, 0.1) is 16.4 Å². The van der Waals surface area contributed by atoms with Crippen LogP contribution in [0.3, 0.4) is 0 Å². The molecule has 0 bridgehead atoms. The van der Waals surface area contributed by atoms with Crippen LogP contribution in [0.2, 0.25) is 25.7 Å². The summed E-state index contributed by atoms with van der Waals surface area (Å²) in [4.78, 5) is 14.0. The molecule has 3 rings (SSSR count). The highest BCUT2D eigenvalue weighted by Crippen LogP contribution is 2.33. The fraction of sp³-hybridized carbons (Fsp3) is 0.316. The largest absolute Gasteiger partial charge is 0.453 e. The zero-order valence-corrected chi connectivity index (χ0v) is 17.3. The van der Waals surface area contributed by atoms with Gasteiger partial charge in [0.15, 0.2) is 11.6 Å². The van der Waals surface area contributed by atoms with Crippen molar-refractivity contribution in [3.63, 3.8) is 0 Å². The Balaban J connectivity index is 1.80. The molecule has 0 saturated carbocycles. The number of aromatic nitrogens is 2. The molecule has 0 saturated heterocycles. The maximum Gasteiger partial charge on any atom is 0.307 e. The Bertz CT molecular complexity index is 1050. The van der Waals surface area contributed by atoms with Crippen molar-refractivity contribution in [2.24, 2.45) is 0 Å². The lowest BCUT2D eigenvalue weighted by Gasteiger charge is -2.15. The summed E-state index contributed by atoms with van der Waals surface area (Å²) < 4.78 is 41.0. The quantitative estimate of drug-likeness (QED) is 0.213. The SMILES string of the molecule is C[Si](C)(C)CCOCn1ccc2c(Oc3cc(F)c([N+](=O)[O-])cc3F)ccnc21. The van der Waals surface area contributed by atoms with Crippen molar-refractivity contribution in [2.75, 3.05) is 6.61 Å². The van der Waals surface area contributed by atoms with E-state index in [-0.39, 0.29) is 5.75 Å². The first kappa shape index (κ1) is 20.9. The van der Waals surface area contributed by atoms with Gasteiger partial charge in [0.25, 0.3) is 0 Å². The van der Waals surface area contributed by atoms with Crippen LogP contribution in [-0.2, 0) is 11.5 Å². The molecule has 0 aliphatic carbocycles. The lowest BCUT2D eigenvalue weighted by Crippen LogP contribution is -2.22. The van der Waals surface area contributed by atoms with E-state index in [0.717, 1.165) is 6.04 Å². The Morgan fingerprint density at radius 1 is 1.17 bits per heavy atom. The predicted octanol–water partition coefficient (Wildman–Crippen LogP) is 5.33. The molecule has 2 heterocycles. The minimum Gasteiger partial charge on any atom is -0.453 e. The number of halogens is 2. The Labute approximate surface area is 167 Å². The van der Waals surface area contributed by atoms with Gasteiger partial charge in [0, 0.05) is 33.1 Å². The summed E-state index contributed by atoms with van der Waals surface area (Å²) in [6.07, 6.45) is 3.25. The summed E-state index contributed by atoms with van der Waals surface area (Å²) in [6, 6.07) is 5.45. The minimum absolute atomic E-state index is 0.253. The second-order valence-corrected chi connectivity index (χ2v) is 13.4. The number of nitro benzene ring substituents is 1. The highest BCUT2D eigenvalue weighted by molar-refractivity contribution is 6.76. The van der Waals surface area contributed by atoms with Crippen molar-refractivity contribution in [1.82, 2.24) is 9.55 Å². The van der Waals surface area contributed by atoms with E-state index in [4.69, 9.17) is 9.47 Å². The van der Waals surface area contributed by atoms with Crippen LogP contribution in [-0.4, -0.2) is 29.2 Å². The average Bonchev–Trinajstić information content (AvgIpc) is 3.04. The van der Waals surface area contributed by atoms with Crippen LogP contribution in [0.15, 0.2) is 36.7 Å². The number of nitrogens with zero attached hydrogens (tertiary/aromatic N) is 3. The molecule has 0 aliphatic heterocycles. The number of hydrogen-bond acceptors (Lipinski definition) is 5. The van der Waals surface area contributed by atoms with Crippen LogP contribution >= 0.6 is 0 Å². The van der Waals surface area contributed by atoms with E-state index in [1.165, 1.54) is 12.3 Å². The first-order valence-electron chi connectivity index (χ1n) is 8.98. The number of benzene rings is 1. The van der Waals surface area contributed by atoms with Gasteiger partial charge in [-0.05, 0) is 18.2 Å². The molecule has 0 aliphatic rings. The number of rotatable bonds is 8. The van der Waals surface area contributed by atoms with Crippen LogP contribution in [0.1, 0.15) is 0 Å². The number of ether oxygens (including phenoxy) is 2. The van der Waals surface area contributed by atoms with Gasteiger partial charge in [-0.25, -0.2) is 9.37 Å². The Morgan fingerprint density at radius 3 is 2.62 bits per heavy atom. The molecule has 29 heavy (non-hydrogen) atoms. The smallest absolute Gasteiger partial charge is 0.307 e. The van der Waals surface area contributed by atoms with Crippen LogP contribution in [0, 0.1) is 21.7 Å². The number of fused-ring (bicyclic) bond motifs is 1. The predicted molar refractivity (Wildman–Crippen MR) is 107 cm³/mol.